The van der Waals surface area contributed by atoms with Crippen LogP contribution in [0.3, 0.4) is 0 Å². The second-order valence-electron chi connectivity index (χ2n) is 6.19. The highest BCUT2D eigenvalue weighted by atomic mass is 32.2. The van der Waals surface area contributed by atoms with Crippen molar-refractivity contribution >= 4 is 15.7 Å². The second kappa shape index (κ2) is 7.48. The molecule has 0 aliphatic carbocycles. The molecule has 1 fully saturated rings. The fourth-order valence-corrected chi connectivity index (χ4v) is 4.76. The van der Waals surface area contributed by atoms with E-state index in [0.29, 0.717) is 26.2 Å². The fraction of sp³-hybridized carbons (Fsp3) is 0.353. The molecule has 2 aromatic rings. The number of rotatable bonds is 5. The number of piperazine rings is 1. The number of nitro benzene ring substituents is 1. The van der Waals surface area contributed by atoms with Gasteiger partial charge in [0.2, 0.25) is 10.0 Å². The summed E-state index contributed by atoms with van der Waals surface area (Å²) >= 11 is 0. The zero-order chi connectivity index (χ0) is 18.7. The quantitative estimate of drug-likeness (QED) is 0.583. The van der Waals surface area contributed by atoms with Gasteiger partial charge in [-0.25, -0.2) is 8.42 Å². The minimum Gasteiger partial charge on any atom is -0.296 e. The van der Waals surface area contributed by atoms with Crippen LogP contribution in [0.2, 0.25) is 0 Å². The molecule has 0 bridgehead atoms. The summed E-state index contributed by atoms with van der Waals surface area (Å²) in [6.45, 7) is 4.15. The van der Waals surface area contributed by atoms with E-state index in [9.17, 15) is 18.5 Å². The van der Waals surface area contributed by atoms with E-state index < -0.39 is 14.9 Å². The number of hydrogen-bond acceptors (Lipinski definition) is 6. The Morgan fingerprint density at radius 3 is 2.38 bits per heavy atom. The molecular formula is C17H20N4O4S. The highest BCUT2D eigenvalue weighted by Gasteiger charge is 2.31. The van der Waals surface area contributed by atoms with Crippen molar-refractivity contribution in [2.75, 3.05) is 26.2 Å². The first-order chi connectivity index (χ1) is 12.4. The van der Waals surface area contributed by atoms with Crippen molar-refractivity contribution in [3.05, 3.63) is 64.0 Å². The van der Waals surface area contributed by atoms with Crippen LogP contribution < -0.4 is 0 Å². The van der Waals surface area contributed by atoms with Gasteiger partial charge in [-0.05, 0) is 30.7 Å². The van der Waals surface area contributed by atoms with Crippen LogP contribution in [-0.2, 0) is 16.6 Å². The van der Waals surface area contributed by atoms with Crippen molar-refractivity contribution in [2.24, 2.45) is 0 Å². The fourth-order valence-electron chi connectivity index (χ4n) is 3.09. The van der Waals surface area contributed by atoms with E-state index in [1.54, 1.807) is 12.4 Å². The first kappa shape index (κ1) is 18.4. The van der Waals surface area contributed by atoms with E-state index in [1.165, 1.54) is 29.4 Å². The number of aromatic nitrogens is 1. The molecule has 2 heterocycles. The predicted octanol–water partition coefficient (Wildman–Crippen LogP) is 1.80. The summed E-state index contributed by atoms with van der Waals surface area (Å²) in [5, 5.41) is 11.1. The van der Waals surface area contributed by atoms with E-state index in [4.69, 9.17) is 0 Å². The number of sulfonamides is 1. The molecule has 26 heavy (non-hydrogen) atoms. The lowest BCUT2D eigenvalue weighted by Gasteiger charge is -2.34. The molecule has 1 aliphatic rings. The minimum absolute atomic E-state index is 0.00860. The van der Waals surface area contributed by atoms with Crippen molar-refractivity contribution in [1.82, 2.24) is 14.2 Å². The Morgan fingerprint density at radius 2 is 1.77 bits per heavy atom. The first-order valence-electron chi connectivity index (χ1n) is 8.25. The summed E-state index contributed by atoms with van der Waals surface area (Å²) in [5.74, 6) is 0. The van der Waals surface area contributed by atoms with Gasteiger partial charge < -0.3 is 0 Å². The highest BCUT2D eigenvalue weighted by molar-refractivity contribution is 7.89. The lowest BCUT2D eigenvalue weighted by atomic mass is 10.2. The van der Waals surface area contributed by atoms with Crippen LogP contribution in [0.4, 0.5) is 5.69 Å². The molecule has 0 unspecified atom stereocenters. The third-order valence-electron chi connectivity index (χ3n) is 4.56. The maximum absolute atomic E-state index is 12.9. The summed E-state index contributed by atoms with van der Waals surface area (Å²) < 4.78 is 27.3. The SMILES string of the molecule is Cc1c([N+](=O)[O-])cccc1S(=O)(=O)N1CCN(Cc2ccncc2)CC1. The maximum Gasteiger partial charge on any atom is 0.273 e. The van der Waals surface area contributed by atoms with Crippen molar-refractivity contribution in [2.45, 2.75) is 18.4 Å². The number of pyridine rings is 1. The molecule has 0 N–H and O–H groups in total. The largest absolute Gasteiger partial charge is 0.296 e. The normalized spacial score (nSPS) is 16.5. The lowest BCUT2D eigenvalue weighted by molar-refractivity contribution is -0.385. The number of hydrogen-bond donors (Lipinski definition) is 0. The summed E-state index contributed by atoms with van der Waals surface area (Å²) in [7, 11) is -3.75. The van der Waals surface area contributed by atoms with Gasteiger partial charge in [0.05, 0.1) is 9.82 Å². The summed E-state index contributed by atoms with van der Waals surface area (Å²) in [6.07, 6.45) is 3.47. The van der Waals surface area contributed by atoms with Crippen molar-refractivity contribution in [3.63, 3.8) is 0 Å². The molecule has 9 heteroatoms. The monoisotopic (exact) mass is 376 g/mol. The topological polar surface area (TPSA) is 96.6 Å². The number of nitro groups is 1. The molecule has 0 amide bonds. The van der Waals surface area contributed by atoms with Crippen molar-refractivity contribution < 1.29 is 13.3 Å². The Kier molecular flexibility index (Phi) is 5.30. The first-order valence-corrected chi connectivity index (χ1v) is 9.69. The number of benzene rings is 1. The van der Waals surface area contributed by atoms with Crippen LogP contribution in [0, 0.1) is 17.0 Å². The van der Waals surface area contributed by atoms with Crippen LogP contribution >= 0.6 is 0 Å². The zero-order valence-corrected chi connectivity index (χ0v) is 15.2. The average molecular weight is 376 g/mol. The molecule has 0 saturated carbocycles. The van der Waals surface area contributed by atoms with Gasteiger partial charge in [-0.3, -0.25) is 20.0 Å². The lowest BCUT2D eigenvalue weighted by Crippen LogP contribution is -2.48. The average Bonchev–Trinajstić information content (AvgIpc) is 2.63. The standard InChI is InChI=1S/C17H20N4O4S/c1-14-16(21(22)23)3-2-4-17(14)26(24,25)20-11-9-19(10-12-20)13-15-5-7-18-8-6-15/h2-8H,9-13H2,1H3. The van der Waals surface area contributed by atoms with Crippen molar-refractivity contribution in [1.29, 1.82) is 0 Å². The van der Waals surface area contributed by atoms with Crippen LogP contribution in [0.5, 0.6) is 0 Å². The van der Waals surface area contributed by atoms with E-state index in [0.717, 1.165) is 12.1 Å². The van der Waals surface area contributed by atoms with Crippen LogP contribution in [0.15, 0.2) is 47.6 Å². The molecule has 1 aromatic carbocycles. The molecule has 0 radical (unpaired) electrons. The molecule has 1 aromatic heterocycles. The zero-order valence-electron chi connectivity index (χ0n) is 14.4. The van der Waals surface area contributed by atoms with E-state index in [2.05, 4.69) is 9.88 Å². The van der Waals surface area contributed by atoms with Crippen LogP contribution in [-0.4, -0.2) is 53.7 Å². The van der Waals surface area contributed by atoms with Crippen molar-refractivity contribution in [3.8, 4) is 0 Å². The van der Waals surface area contributed by atoms with E-state index in [1.807, 2.05) is 12.1 Å². The summed E-state index contributed by atoms with van der Waals surface area (Å²) in [6, 6.07) is 8.05. The van der Waals surface area contributed by atoms with Gasteiger partial charge in [0, 0.05) is 56.7 Å². The Balaban J connectivity index is 1.72. The van der Waals surface area contributed by atoms with E-state index in [-0.39, 0.29) is 16.1 Å². The van der Waals surface area contributed by atoms with Gasteiger partial charge in [-0.1, -0.05) is 6.07 Å². The third kappa shape index (κ3) is 3.74. The van der Waals surface area contributed by atoms with Gasteiger partial charge in [-0.15, -0.1) is 0 Å². The second-order valence-corrected chi connectivity index (χ2v) is 8.10. The van der Waals surface area contributed by atoms with Gasteiger partial charge in [0.1, 0.15) is 0 Å². The van der Waals surface area contributed by atoms with Gasteiger partial charge >= 0.3 is 0 Å². The Morgan fingerprint density at radius 1 is 1.12 bits per heavy atom. The van der Waals surface area contributed by atoms with Crippen LogP contribution in [0.1, 0.15) is 11.1 Å². The Bertz CT molecular complexity index is 894. The number of nitrogens with zero attached hydrogens (tertiary/aromatic N) is 4. The molecular weight excluding hydrogens is 356 g/mol. The third-order valence-corrected chi connectivity index (χ3v) is 6.60. The molecule has 0 atom stereocenters. The molecule has 1 aliphatic heterocycles. The summed E-state index contributed by atoms with van der Waals surface area (Å²) in [5.41, 5.74) is 1.13. The predicted molar refractivity (Wildman–Crippen MR) is 96.1 cm³/mol. The van der Waals surface area contributed by atoms with Gasteiger partial charge in [-0.2, -0.15) is 4.31 Å². The molecule has 1 saturated heterocycles. The smallest absolute Gasteiger partial charge is 0.273 e. The Labute approximate surface area is 152 Å². The molecule has 3 rings (SSSR count). The Hall–Kier alpha value is -2.36. The molecule has 8 nitrogen and oxygen atoms in total. The van der Waals surface area contributed by atoms with E-state index >= 15 is 0 Å². The van der Waals surface area contributed by atoms with Crippen LogP contribution in [0.25, 0.3) is 0 Å². The minimum atomic E-state index is -3.75. The molecule has 138 valence electrons. The van der Waals surface area contributed by atoms with Gasteiger partial charge in [0.25, 0.3) is 5.69 Å². The summed E-state index contributed by atoms with van der Waals surface area (Å²) in [4.78, 5) is 16.7. The maximum atomic E-state index is 12.9. The van der Waals surface area contributed by atoms with Gasteiger partial charge in [0.15, 0.2) is 0 Å². The molecule has 0 spiro atoms. The highest BCUT2D eigenvalue weighted by Crippen LogP contribution is 2.27.